The molecule has 0 aliphatic heterocycles. The van der Waals surface area contributed by atoms with Gasteiger partial charge in [-0.2, -0.15) is 0 Å². The fourth-order valence-corrected chi connectivity index (χ4v) is 1.68. The molecule has 0 aromatic heterocycles. The lowest BCUT2D eigenvalue weighted by atomic mass is 10.1. The second-order valence-electron chi connectivity index (χ2n) is 4.56. The predicted molar refractivity (Wildman–Crippen MR) is 82.6 cm³/mol. The van der Waals surface area contributed by atoms with Crippen LogP contribution >= 0.6 is 0 Å². The molecule has 0 saturated carbocycles. The Morgan fingerprint density at radius 1 is 0.789 bits per heavy atom. The van der Waals surface area contributed by atoms with E-state index in [9.17, 15) is 10.2 Å². The Kier molecular flexibility index (Phi) is 7.80. The molecule has 108 valence electrons. The Labute approximate surface area is 116 Å². The van der Waals surface area contributed by atoms with Crippen molar-refractivity contribution >= 4 is 11.4 Å². The van der Waals surface area contributed by atoms with Gasteiger partial charge in [0.15, 0.2) is 0 Å². The summed E-state index contributed by atoms with van der Waals surface area (Å²) in [7, 11) is 0. The lowest BCUT2D eigenvalue weighted by Gasteiger charge is -2.06. The fourth-order valence-electron chi connectivity index (χ4n) is 1.68. The molecule has 0 fully saturated rings. The van der Waals surface area contributed by atoms with Gasteiger partial charge in [0.2, 0.25) is 0 Å². The van der Waals surface area contributed by atoms with Crippen LogP contribution in [0.15, 0.2) is 32.6 Å². The second-order valence-corrected chi connectivity index (χ2v) is 4.56. The first-order valence-corrected chi connectivity index (χ1v) is 6.59. The molecule has 0 saturated heterocycles. The number of aliphatic hydroxyl groups is 2. The molecule has 19 heavy (non-hydrogen) atoms. The van der Waals surface area contributed by atoms with Gasteiger partial charge in [-0.1, -0.05) is 6.92 Å². The van der Waals surface area contributed by atoms with E-state index in [1.54, 1.807) is 13.8 Å². The predicted octanol–water partition coefficient (Wildman–Crippen LogP) is 4.00. The van der Waals surface area contributed by atoms with E-state index in [2.05, 4.69) is 9.98 Å². The molecule has 0 bridgehead atoms. The van der Waals surface area contributed by atoms with Gasteiger partial charge in [-0.25, -0.2) is 0 Å². The third kappa shape index (κ3) is 6.22. The quantitative estimate of drug-likeness (QED) is 0.433. The normalized spacial score (nSPS) is 16.1. The minimum absolute atomic E-state index is 0.299. The van der Waals surface area contributed by atoms with Gasteiger partial charge >= 0.3 is 0 Å². The van der Waals surface area contributed by atoms with E-state index >= 15 is 0 Å². The van der Waals surface area contributed by atoms with Crippen LogP contribution in [0.3, 0.4) is 0 Å². The Balaban J connectivity index is 4.58. The summed E-state index contributed by atoms with van der Waals surface area (Å²) < 4.78 is 0. The van der Waals surface area contributed by atoms with E-state index in [-0.39, 0.29) is 0 Å². The smallest absolute Gasteiger partial charge is 0.0941 e. The number of aliphatic imine (C=N–C) groups is 2. The maximum absolute atomic E-state index is 9.50. The van der Waals surface area contributed by atoms with Crippen LogP contribution in [0.1, 0.15) is 48.0 Å². The first-order chi connectivity index (χ1) is 8.81. The van der Waals surface area contributed by atoms with Crippen molar-refractivity contribution < 1.29 is 10.2 Å². The maximum Gasteiger partial charge on any atom is 0.0941 e. The molecule has 0 heterocycles. The topological polar surface area (TPSA) is 65.2 Å². The highest BCUT2D eigenvalue weighted by atomic mass is 16.3. The van der Waals surface area contributed by atoms with E-state index in [4.69, 9.17) is 0 Å². The third-order valence-electron chi connectivity index (χ3n) is 3.11. The highest BCUT2D eigenvalue weighted by Crippen LogP contribution is 2.08. The number of allylic oxidation sites excluding steroid dienone is 4. The third-order valence-corrected chi connectivity index (χ3v) is 3.11. The Morgan fingerprint density at radius 2 is 1.26 bits per heavy atom. The zero-order chi connectivity index (χ0) is 15.0. The van der Waals surface area contributed by atoms with Gasteiger partial charge in [0, 0.05) is 22.6 Å². The molecule has 0 radical (unpaired) electrons. The summed E-state index contributed by atoms with van der Waals surface area (Å²) in [4.78, 5) is 8.77. The van der Waals surface area contributed by atoms with E-state index in [1.165, 1.54) is 0 Å². The molecule has 0 aliphatic rings. The monoisotopic (exact) mass is 266 g/mol. The van der Waals surface area contributed by atoms with Gasteiger partial charge in [0.1, 0.15) is 0 Å². The molecule has 0 aromatic rings. The average Bonchev–Trinajstić information content (AvgIpc) is 2.33. The first kappa shape index (κ1) is 17.4. The van der Waals surface area contributed by atoms with Gasteiger partial charge in [0.25, 0.3) is 0 Å². The van der Waals surface area contributed by atoms with Crippen LogP contribution in [-0.4, -0.2) is 34.7 Å². The van der Waals surface area contributed by atoms with Gasteiger partial charge in [0.05, 0.1) is 24.6 Å². The molecule has 0 spiro atoms. The molecule has 2 N–H and O–H groups in total. The molecule has 4 heteroatoms. The van der Waals surface area contributed by atoms with E-state index in [0.717, 1.165) is 29.0 Å². The van der Waals surface area contributed by atoms with Crippen molar-refractivity contribution in [3.8, 4) is 0 Å². The molecule has 0 rings (SSSR count). The van der Waals surface area contributed by atoms with E-state index in [1.807, 2.05) is 27.7 Å². The molecule has 0 unspecified atom stereocenters. The van der Waals surface area contributed by atoms with Crippen molar-refractivity contribution in [1.29, 1.82) is 0 Å². The summed E-state index contributed by atoms with van der Waals surface area (Å²) in [6, 6.07) is 0. The van der Waals surface area contributed by atoms with Crippen LogP contribution in [0.25, 0.3) is 0 Å². The SMILES string of the molecule is CCC(=C(\C)O)/C(C)=N/CC/N=C(C)/C(C)=C(/C)O. The van der Waals surface area contributed by atoms with Crippen molar-refractivity contribution in [1.82, 2.24) is 0 Å². The Bertz CT molecular complexity index is 421. The lowest BCUT2D eigenvalue weighted by molar-refractivity contribution is 0.408. The zero-order valence-corrected chi connectivity index (χ0v) is 12.9. The minimum atomic E-state index is 0.299. The molecule has 4 nitrogen and oxygen atoms in total. The van der Waals surface area contributed by atoms with Crippen LogP contribution < -0.4 is 0 Å². The molecule has 0 aliphatic carbocycles. The van der Waals surface area contributed by atoms with Crippen molar-refractivity contribution in [2.75, 3.05) is 13.1 Å². The largest absolute Gasteiger partial charge is 0.512 e. The van der Waals surface area contributed by atoms with E-state index < -0.39 is 0 Å². The van der Waals surface area contributed by atoms with Gasteiger partial charge in [-0.3, -0.25) is 9.98 Å². The summed E-state index contributed by atoms with van der Waals surface area (Å²) in [5.74, 6) is 0.631. The van der Waals surface area contributed by atoms with Crippen molar-refractivity contribution in [2.45, 2.75) is 48.0 Å². The van der Waals surface area contributed by atoms with Crippen LogP contribution in [0.2, 0.25) is 0 Å². The Morgan fingerprint density at radius 3 is 1.63 bits per heavy atom. The van der Waals surface area contributed by atoms with Crippen molar-refractivity contribution in [3.63, 3.8) is 0 Å². The molecule has 0 amide bonds. The van der Waals surface area contributed by atoms with Gasteiger partial charge in [-0.05, 0) is 41.0 Å². The summed E-state index contributed by atoms with van der Waals surface area (Å²) in [6.45, 7) is 12.1. The highest BCUT2D eigenvalue weighted by Gasteiger charge is 2.03. The first-order valence-electron chi connectivity index (χ1n) is 6.59. The summed E-state index contributed by atoms with van der Waals surface area (Å²) in [6.07, 6.45) is 0.769. The standard InChI is InChI=1S/C15H26N2O2/c1-7-15(14(6)19)12(4)17-9-8-16-11(3)10(2)13(5)18/h18-19H,7-9H2,1-6H3/b13-10-,15-14-,16-11+,17-12+. The van der Waals surface area contributed by atoms with Gasteiger partial charge < -0.3 is 10.2 Å². The van der Waals surface area contributed by atoms with Gasteiger partial charge in [-0.15, -0.1) is 0 Å². The second kappa shape index (κ2) is 8.51. The summed E-state index contributed by atoms with van der Waals surface area (Å²) in [5, 5.41) is 18.8. The Hall–Kier alpha value is -1.58. The number of rotatable bonds is 6. The lowest BCUT2D eigenvalue weighted by Crippen LogP contribution is -2.04. The number of hydrogen-bond donors (Lipinski definition) is 2. The number of aliphatic hydroxyl groups excluding tert-OH is 2. The minimum Gasteiger partial charge on any atom is -0.512 e. The summed E-state index contributed by atoms with van der Waals surface area (Å²) >= 11 is 0. The van der Waals surface area contributed by atoms with Crippen LogP contribution in [-0.2, 0) is 0 Å². The summed E-state index contributed by atoms with van der Waals surface area (Å²) in [5.41, 5.74) is 3.39. The fraction of sp³-hybridized carbons (Fsp3) is 0.600. The molecule has 0 aromatic carbocycles. The van der Waals surface area contributed by atoms with Crippen LogP contribution in [0.5, 0.6) is 0 Å². The van der Waals surface area contributed by atoms with E-state index in [0.29, 0.717) is 24.6 Å². The van der Waals surface area contributed by atoms with Crippen molar-refractivity contribution in [2.24, 2.45) is 9.98 Å². The van der Waals surface area contributed by atoms with Crippen LogP contribution in [0, 0.1) is 0 Å². The highest BCUT2D eigenvalue weighted by molar-refractivity contribution is 5.99. The van der Waals surface area contributed by atoms with Crippen LogP contribution in [0.4, 0.5) is 0 Å². The number of hydrogen-bond acceptors (Lipinski definition) is 4. The maximum atomic E-state index is 9.50. The molecular formula is C15H26N2O2. The number of nitrogens with zero attached hydrogens (tertiary/aromatic N) is 2. The zero-order valence-electron chi connectivity index (χ0n) is 12.9. The average molecular weight is 266 g/mol. The van der Waals surface area contributed by atoms with Crippen molar-refractivity contribution in [3.05, 3.63) is 22.7 Å². The molecule has 0 atom stereocenters. The molecular weight excluding hydrogens is 240 g/mol.